The number of rotatable bonds is 11. The number of aliphatic hydroxyl groups excluding tert-OH is 1. The molecule has 2 unspecified atom stereocenters. The normalized spacial score (nSPS) is 12.7. The van der Waals surface area contributed by atoms with Gasteiger partial charge in [0.2, 0.25) is 5.91 Å². The van der Waals surface area contributed by atoms with Crippen LogP contribution in [0.5, 0.6) is 5.75 Å². The molecule has 2 aromatic rings. The van der Waals surface area contributed by atoms with Crippen molar-refractivity contribution in [1.29, 1.82) is 0 Å². The van der Waals surface area contributed by atoms with Crippen molar-refractivity contribution in [2.75, 3.05) is 25.6 Å². The zero-order valence-corrected chi connectivity index (χ0v) is 22.5. The predicted octanol–water partition coefficient (Wildman–Crippen LogP) is 4.20. The van der Waals surface area contributed by atoms with E-state index in [-0.39, 0.29) is 6.54 Å². The van der Waals surface area contributed by atoms with Crippen LogP contribution in [0.4, 0.5) is 10.5 Å². The lowest BCUT2D eigenvalue weighted by atomic mass is 10.0. The van der Waals surface area contributed by atoms with Crippen LogP contribution in [0.1, 0.15) is 57.7 Å². The van der Waals surface area contributed by atoms with Gasteiger partial charge in [0.05, 0.1) is 13.7 Å². The molecule has 0 aliphatic rings. The number of aryl methyl sites for hydroxylation is 1. The zero-order chi connectivity index (χ0) is 27.6. The first kappa shape index (κ1) is 29.6. The van der Waals surface area contributed by atoms with Gasteiger partial charge in [0.1, 0.15) is 23.4 Å². The largest absolute Gasteiger partial charge is 0.497 e. The number of methoxy groups -OCH3 is 1. The number of hydrogen-bond donors (Lipinski definition) is 3. The highest BCUT2D eigenvalue weighted by Crippen LogP contribution is 2.26. The van der Waals surface area contributed by atoms with Crippen LogP contribution in [-0.4, -0.2) is 59.8 Å². The lowest BCUT2D eigenvalue weighted by molar-refractivity contribution is -0.141. The number of nitrogens with one attached hydrogen (secondary N) is 2. The van der Waals surface area contributed by atoms with Gasteiger partial charge in [0.15, 0.2) is 0 Å². The van der Waals surface area contributed by atoms with Crippen LogP contribution in [-0.2, 0) is 14.3 Å². The minimum atomic E-state index is -1.28. The van der Waals surface area contributed by atoms with E-state index in [0.717, 1.165) is 12.0 Å². The molecule has 0 bridgehead atoms. The Hall–Kier alpha value is -3.59. The van der Waals surface area contributed by atoms with Crippen LogP contribution in [0, 0.1) is 6.92 Å². The Kier molecular flexibility index (Phi) is 10.9. The van der Waals surface area contributed by atoms with Gasteiger partial charge in [-0.2, -0.15) is 0 Å². The van der Waals surface area contributed by atoms with Gasteiger partial charge in [0, 0.05) is 12.2 Å². The minimum Gasteiger partial charge on any atom is -0.497 e. The van der Waals surface area contributed by atoms with Gasteiger partial charge in [-0.05, 0) is 63.9 Å². The second-order valence-corrected chi connectivity index (χ2v) is 9.80. The highest BCUT2D eigenvalue weighted by atomic mass is 16.6. The van der Waals surface area contributed by atoms with Crippen molar-refractivity contribution in [2.24, 2.45) is 0 Å². The first-order valence-corrected chi connectivity index (χ1v) is 12.4. The summed E-state index contributed by atoms with van der Waals surface area (Å²) in [5.41, 5.74) is 1.37. The third-order valence-corrected chi connectivity index (χ3v) is 5.52. The fourth-order valence-electron chi connectivity index (χ4n) is 3.64. The molecule has 2 atom stereocenters. The number of ether oxygens (including phenoxy) is 2. The van der Waals surface area contributed by atoms with Crippen molar-refractivity contribution in [3.05, 3.63) is 59.7 Å². The van der Waals surface area contributed by atoms with Crippen molar-refractivity contribution >= 4 is 23.6 Å². The molecule has 9 heteroatoms. The second-order valence-electron chi connectivity index (χ2n) is 9.80. The summed E-state index contributed by atoms with van der Waals surface area (Å²) in [7, 11) is 1.56. The molecule has 2 rings (SSSR count). The van der Waals surface area contributed by atoms with E-state index in [1.165, 1.54) is 4.90 Å². The molecular formula is C28H39N3O6. The number of aliphatic hydroxyl groups is 1. The molecule has 0 heterocycles. The van der Waals surface area contributed by atoms with Crippen LogP contribution < -0.4 is 15.4 Å². The molecule has 0 aliphatic heterocycles. The number of hydrogen-bond acceptors (Lipinski definition) is 6. The van der Waals surface area contributed by atoms with Gasteiger partial charge in [0.25, 0.3) is 5.91 Å². The number of amides is 3. The van der Waals surface area contributed by atoms with E-state index in [1.54, 1.807) is 64.3 Å². The first-order chi connectivity index (χ1) is 17.5. The quantitative estimate of drug-likeness (QED) is 0.415. The number of alkyl carbamates (subject to hydrolysis) is 1. The summed E-state index contributed by atoms with van der Waals surface area (Å²) >= 11 is 0. The minimum absolute atomic E-state index is 0.246. The Labute approximate surface area is 219 Å². The molecule has 0 radical (unpaired) electrons. The van der Waals surface area contributed by atoms with Gasteiger partial charge in [-0.15, -0.1) is 0 Å². The van der Waals surface area contributed by atoms with E-state index in [1.807, 2.05) is 26.0 Å². The number of benzene rings is 2. The fourth-order valence-corrected chi connectivity index (χ4v) is 3.64. The van der Waals surface area contributed by atoms with Crippen LogP contribution in [0.25, 0.3) is 0 Å². The summed E-state index contributed by atoms with van der Waals surface area (Å²) in [5, 5.41) is 15.3. The average Bonchev–Trinajstić information content (AvgIpc) is 2.84. The lowest BCUT2D eigenvalue weighted by Crippen LogP contribution is -2.54. The summed E-state index contributed by atoms with van der Waals surface area (Å²) in [5.74, 6) is -0.364. The van der Waals surface area contributed by atoms with E-state index in [0.29, 0.717) is 23.4 Å². The molecule has 3 N–H and O–H groups in total. The number of carbonyl (C=O) groups is 3. The van der Waals surface area contributed by atoms with Gasteiger partial charge in [-0.1, -0.05) is 43.2 Å². The molecule has 202 valence electrons. The molecule has 0 saturated carbocycles. The molecule has 37 heavy (non-hydrogen) atoms. The first-order valence-electron chi connectivity index (χ1n) is 12.4. The topological polar surface area (TPSA) is 117 Å². The van der Waals surface area contributed by atoms with Gasteiger partial charge >= 0.3 is 6.09 Å². The van der Waals surface area contributed by atoms with E-state index in [4.69, 9.17) is 9.47 Å². The van der Waals surface area contributed by atoms with Gasteiger partial charge < -0.3 is 30.1 Å². The zero-order valence-electron chi connectivity index (χ0n) is 22.5. The summed E-state index contributed by atoms with van der Waals surface area (Å²) in [4.78, 5) is 41.2. The van der Waals surface area contributed by atoms with Crippen LogP contribution in [0.2, 0.25) is 0 Å². The number of nitrogens with zero attached hydrogens (tertiary/aromatic N) is 1. The van der Waals surface area contributed by atoms with E-state index < -0.39 is 42.2 Å². The van der Waals surface area contributed by atoms with Crippen molar-refractivity contribution < 1.29 is 29.0 Å². The van der Waals surface area contributed by atoms with E-state index in [2.05, 4.69) is 10.6 Å². The molecule has 0 aliphatic carbocycles. The second kappa shape index (κ2) is 13.6. The van der Waals surface area contributed by atoms with E-state index in [9.17, 15) is 19.5 Å². The van der Waals surface area contributed by atoms with Gasteiger partial charge in [-0.25, -0.2) is 4.79 Å². The standard InChI is InChI=1S/C28H39N3O6/c1-7-8-17-31(26(34)23(18-32)30-27(35)37-28(3,4)5)24(20-11-9-19(2)10-12-20)25(33)29-21-13-15-22(36-6)16-14-21/h9-16,23-24,32H,7-8,17-18H2,1-6H3,(H,29,33)(H,30,35). The summed E-state index contributed by atoms with van der Waals surface area (Å²) < 4.78 is 10.4. The van der Waals surface area contributed by atoms with Crippen molar-refractivity contribution in [3.63, 3.8) is 0 Å². The number of unbranched alkanes of at least 4 members (excludes halogenated alkanes) is 1. The van der Waals surface area contributed by atoms with E-state index >= 15 is 0 Å². The average molecular weight is 514 g/mol. The SMILES string of the molecule is CCCCN(C(=O)C(CO)NC(=O)OC(C)(C)C)C(C(=O)Nc1ccc(OC)cc1)c1ccc(C)cc1. The van der Waals surface area contributed by atoms with Crippen molar-refractivity contribution in [3.8, 4) is 5.75 Å². The maximum absolute atomic E-state index is 13.7. The molecule has 0 fully saturated rings. The van der Waals surface area contributed by atoms with Crippen molar-refractivity contribution in [1.82, 2.24) is 10.2 Å². The summed E-state index contributed by atoms with van der Waals surface area (Å²) in [6, 6.07) is 11.9. The maximum atomic E-state index is 13.7. The monoisotopic (exact) mass is 513 g/mol. The Morgan fingerprint density at radius 3 is 2.16 bits per heavy atom. The summed E-state index contributed by atoms with van der Waals surface area (Å²) in [6.45, 7) is 8.61. The number of carbonyl (C=O) groups excluding carboxylic acids is 3. The number of anilines is 1. The molecule has 2 aromatic carbocycles. The third-order valence-electron chi connectivity index (χ3n) is 5.52. The van der Waals surface area contributed by atoms with Crippen molar-refractivity contribution in [2.45, 2.75) is 65.1 Å². The molecule has 0 spiro atoms. The molecule has 3 amide bonds. The molecule has 0 saturated heterocycles. The molecular weight excluding hydrogens is 474 g/mol. The smallest absolute Gasteiger partial charge is 0.408 e. The Balaban J connectivity index is 2.43. The van der Waals surface area contributed by atoms with Gasteiger partial charge in [-0.3, -0.25) is 9.59 Å². The Morgan fingerprint density at radius 2 is 1.65 bits per heavy atom. The Bertz CT molecular complexity index is 1030. The van der Waals surface area contributed by atoms with Crippen LogP contribution in [0.3, 0.4) is 0 Å². The fraction of sp³-hybridized carbons (Fsp3) is 0.464. The predicted molar refractivity (Wildman–Crippen MR) is 142 cm³/mol. The molecule has 9 nitrogen and oxygen atoms in total. The van der Waals surface area contributed by atoms with Crippen LogP contribution >= 0.6 is 0 Å². The highest BCUT2D eigenvalue weighted by Gasteiger charge is 2.36. The molecule has 0 aromatic heterocycles. The lowest BCUT2D eigenvalue weighted by Gasteiger charge is -2.34. The van der Waals surface area contributed by atoms with Crippen LogP contribution in [0.15, 0.2) is 48.5 Å². The summed E-state index contributed by atoms with van der Waals surface area (Å²) in [6.07, 6.45) is 0.562. The maximum Gasteiger partial charge on any atom is 0.408 e. The third kappa shape index (κ3) is 9.09. The Morgan fingerprint density at radius 1 is 1.03 bits per heavy atom. The highest BCUT2D eigenvalue weighted by molar-refractivity contribution is 5.99.